The van der Waals surface area contributed by atoms with E-state index in [1.807, 2.05) is 24.3 Å². The van der Waals surface area contributed by atoms with Gasteiger partial charge in [-0.1, -0.05) is 41.9 Å². The molecule has 4 heteroatoms. The molecular weight excluding hydrogens is 308 g/mol. The van der Waals surface area contributed by atoms with Crippen molar-refractivity contribution in [1.29, 1.82) is 0 Å². The maximum Gasteiger partial charge on any atom is 0.249 e. The summed E-state index contributed by atoms with van der Waals surface area (Å²) in [5, 5.41) is 8.92. The summed E-state index contributed by atoms with van der Waals surface area (Å²) < 4.78 is 5.79. The molecule has 1 aliphatic rings. The van der Waals surface area contributed by atoms with Gasteiger partial charge in [0.15, 0.2) is 0 Å². The van der Waals surface area contributed by atoms with Gasteiger partial charge in [0.2, 0.25) is 11.8 Å². The van der Waals surface area contributed by atoms with Crippen LogP contribution in [-0.2, 0) is 19.3 Å². The Morgan fingerprint density at radius 2 is 1.78 bits per heavy atom. The van der Waals surface area contributed by atoms with Crippen molar-refractivity contribution in [3.8, 4) is 11.5 Å². The molecule has 4 rings (SSSR count). The lowest BCUT2D eigenvalue weighted by atomic mass is 9.90. The summed E-state index contributed by atoms with van der Waals surface area (Å²) in [7, 11) is 0. The standard InChI is InChI=1S/C19H17ClN2O/c20-17-8-4-3-7-16(17)19-22-21-18(23-19)12-13-9-10-14-5-1-2-6-15(14)11-13/h3-4,7-11H,1-2,5-6,12H2. The Kier molecular flexibility index (Phi) is 3.88. The first-order chi connectivity index (χ1) is 11.3. The molecule has 0 N–H and O–H groups in total. The number of nitrogens with zero attached hydrogens (tertiary/aromatic N) is 2. The van der Waals surface area contributed by atoms with Gasteiger partial charge in [-0.2, -0.15) is 0 Å². The third-order valence-corrected chi connectivity index (χ3v) is 4.67. The quantitative estimate of drug-likeness (QED) is 0.690. The van der Waals surface area contributed by atoms with E-state index in [2.05, 4.69) is 28.4 Å². The van der Waals surface area contributed by atoms with Crippen molar-refractivity contribution in [1.82, 2.24) is 10.2 Å². The Labute approximate surface area is 140 Å². The monoisotopic (exact) mass is 324 g/mol. The summed E-state index contributed by atoms with van der Waals surface area (Å²) in [6, 6.07) is 14.2. The lowest BCUT2D eigenvalue weighted by molar-refractivity contribution is 0.518. The highest BCUT2D eigenvalue weighted by Gasteiger charge is 2.14. The lowest BCUT2D eigenvalue weighted by Crippen LogP contribution is -2.03. The normalized spacial score (nSPS) is 13.8. The topological polar surface area (TPSA) is 38.9 Å². The fraction of sp³-hybridized carbons (Fsp3) is 0.263. The zero-order chi connectivity index (χ0) is 15.6. The van der Waals surface area contributed by atoms with Crippen LogP contribution in [0.4, 0.5) is 0 Å². The van der Waals surface area contributed by atoms with Crippen LogP contribution >= 0.6 is 11.6 Å². The number of halogens is 1. The Morgan fingerprint density at radius 1 is 0.957 bits per heavy atom. The van der Waals surface area contributed by atoms with E-state index in [0.717, 1.165) is 5.56 Å². The highest BCUT2D eigenvalue weighted by Crippen LogP contribution is 2.27. The molecule has 3 aromatic rings. The number of benzene rings is 2. The van der Waals surface area contributed by atoms with E-state index in [9.17, 15) is 0 Å². The van der Waals surface area contributed by atoms with E-state index in [0.29, 0.717) is 23.2 Å². The van der Waals surface area contributed by atoms with Gasteiger partial charge < -0.3 is 4.42 Å². The van der Waals surface area contributed by atoms with Crippen LogP contribution in [-0.4, -0.2) is 10.2 Å². The first-order valence-corrected chi connectivity index (χ1v) is 8.35. The van der Waals surface area contributed by atoms with Crippen LogP contribution in [0.25, 0.3) is 11.5 Å². The number of aryl methyl sites for hydroxylation is 2. The minimum Gasteiger partial charge on any atom is -0.420 e. The first kappa shape index (κ1) is 14.5. The number of aromatic nitrogens is 2. The van der Waals surface area contributed by atoms with E-state index in [4.69, 9.17) is 16.0 Å². The van der Waals surface area contributed by atoms with Crippen molar-refractivity contribution in [3.63, 3.8) is 0 Å². The molecule has 3 nitrogen and oxygen atoms in total. The molecule has 0 unspecified atom stereocenters. The van der Waals surface area contributed by atoms with Crippen molar-refractivity contribution in [3.05, 3.63) is 70.1 Å². The van der Waals surface area contributed by atoms with Gasteiger partial charge in [-0.15, -0.1) is 10.2 Å². The van der Waals surface area contributed by atoms with Crippen LogP contribution in [0.1, 0.15) is 35.4 Å². The number of hydrogen-bond donors (Lipinski definition) is 0. The molecule has 0 aliphatic heterocycles. The van der Waals surface area contributed by atoms with Crippen LogP contribution in [0.3, 0.4) is 0 Å². The van der Waals surface area contributed by atoms with Gasteiger partial charge in [0.25, 0.3) is 0 Å². The predicted octanol–water partition coefficient (Wildman–Crippen LogP) is 4.86. The Bertz CT molecular complexity index is 841. The Hall–Kier alpha value is -2.13. The highest BCUT2D eigenvalue weighted by atomic mass is 35.5. The van der Waals surface area contributed by atoms with E-state index < -0.39 is 0 Å². The van der Waals surface area contributed by atoms with Gasteiger partial charge in [0.1, 0.15) is 0 Å². The summed E-state index contributed by atoms with van der Waals surface area (Å²) in [5.74, 6) is 1.10. The molecule has 0 bridgehead atoms. The van der Waals surface area contributed by atoms with Crippen molar-refractivity contribution in [2.45, 2.75) is 32.1 Å². The van der Waals surface area contributed by atoms with E-state index in [1.165, 1.54) is 42.4 Å². The lowest BCUT2D eigenvalue weighted by Gasteiger charge is -2.16. The van der Waals surface area contributed by atoms with Gasteiger partial charge >= 0.3 is 0 Å². The molecule has 0 saturated heterocycles. The molecule has 0 radical (unpaired) electrons. The second-order valence-electron chi connectivity index (χ2n) is 5.97. The van der Waals surface area contributed by atoms with Crippen LogP contribution < -0.4 is 0 Å². The molecule has 23 heavy (non-hydrogen) atoms. The summed E-state index contributed by atoms with van der Waals surface area (Å²) in [4.78, 5) is 0. The van der Waals surface area contributed by atoms with E-state index in [-0.39, 0.29) is 0 Å². The predicted molar refractivity (Wildman–Crippen MR) is 90.6 cm³/mol. The molecular formula is C19H17ClN2O. The molecule has 0 amide bonds. The van der Waals surface area contributed by atoms with Gasteiger partial charge in [-0.3, -0.25) is 0 Å². The van der Waals surface area contributed by atoms with Crippen molar-refractivity contribution < 1.29 is 4.42 Å². The van der Waals surface area contributed by atoms with Crippen LogP contribution in [0, 0.1) is 0 Å². The van der Waals surface area contributed by atoms with Gasteiger partial charge in [-0.25, -0.2) is 0 Å². The second kappa shape index (κ2) is 6.17. The number of rotatable bonds is 3. The van der Waals surface area contributed by atoms with Crippen LogP contribution in [0.2, 0.25) is 5.02 Å². The van der Waals surface area contributed by atoms with Gasteiger partial charge in [-0.05, 0) is 54.5 Å². The molecule has 0 saturated carbocycles. The smallest absolute Gasteiger partial charge is 0.249 e. The van der Waals surface area contributed by atoms with Crippen LogP contribution in [0.15, 0.2) is 46.9 Å². The third-order valence-electron chi connectivity index (χ3n) is 4.34. The first-order valence-electron chi connectivity index (χ1n) is 7.97. The second-order valence-corrected chi connectivity index (χ2v) is 6.37. The molecule has 1 heterocycles. The van der Waals surface area contributed by atoms with Crippen molar-refractivity contribution >= 4 is 11.6 Å². The fourth-order valence-corrected chi connectivity index (χ4v) is 3.36. The van der Waals surface area contributed by atoms with Crippen LogP contribution in [0.5, 0.6) is 0 Å². The molecule has 116 valence electrons. The van der Waals surface area contributed by atoms with Crippen molar-refractivity contribution in [2.24, 2.45) is 0 Å². The Morgan fingerprint density at radius 3 is 2.65 bits per heavy atom. The maximum absolute atomic E-state index is 6.18. The molecule has 2 aromatic carbocycles. The van der Waals surface area contributed by atoms with E-state index >= 15 is 0 Å². The average molecular weight is 325 g/mol. The third kappa shape index (κ3) is 3.02. The zero-order valence-electron chi connectivity index (χ0n) is 12.8. The fourth-order valence-electron chi connectivity index (χ4n) is 3.14. The van der Waals surface area contributed by atoms with Crippen molar-refractivity contribution in [2.75, 3.05) is 0 Å². The molecule has 0 atom stereocenters. The van der Waals surface area contributed by atoms with E-state index in [1.54, 1.807) is 0 Å². The largest absolute Gasteiger partial charge is 0.420 e. The minimum atomic E-state index is 0.476. The minimum absolute atomic E-state index is 0.476. The average Bonchev–Trinajstić information content (AvgIpc) is 3.03. The number of hydrogen-bond acceptors (Lipinski definition) is 3. The molecule has 1 aromatic heterocycles. The molecule has 1 aliphatic carbocycles. The summed E-state index contributed by atoms with van der Waals surface area (Å²) in [5.41, 5.74) is 4.96. The van der Waals surface area contributed by atoms with Gasteiger partial charge in [0, 0.05) is 0 Å². The maximum atomic E-state index is 6.18. The SMILES string of the molecule is Clc1ccccc1-c1nnc(Cc2ccc3c(c2)CCCC3)o1. The zero-order valence-corrected chi connectivity index (χ0v) is 13.5. The number of fused-ring (bicyclic) bond motifs is 1. The summed E-state index contributed by atoms with van der Waals surface area (Å²) in [6.45, 7) is 0. The Balaban J connectivity index is 1.57. The molecule has 0 fully saturated rings. The molecule has 0 spiro atoms. The van der Waals surface area contributed by atoms with Gasteiger partial charge in [0.05, 0.1) is 17.0 Å². The summed E-state index contributed by atoms with van der Waals surface area (Å²) >= 11 is 6.18. The summed E-state index contributed by atoms with van der Waals surface area (Å²) in [6.07, 6.45) is 5.63. The highest BCUT2D eigenvalue weighted by molar-refractivity contribution is 6.33.